The Bertz CT molecular complexity index is 516. The van der Waals surface area contributed by atoms with E-state index in [1.54, 1.807) is 0 Å². The number of hydrogen-bond donors (Lipinski definition) is 0. The summed E-state index contributed by atoms with van der Waals surface area (Å²) in [4.78, 5) is 27.1. The van der Waals surface area contributed by atoms with Crippen molar-refractivity contribution in [2.75, 3.05) is 6.23 Å². The van der Waals surface area contributed by atoms with Crippen LogP contribution in [-0.4, -0.2) is 51.7 Å². The van der Waals surface area contributed by atoms with E-state index in [1.807, 2.05) is 0 Å². The van der Waals surface area contributed by atoms with Crippen LogP contribution in [0.3, 0.4) is 0 Å². The molecule has 0 aromatic rings. The maximum atomic E-state index is 12.9. The number of rotatable bonds is 8. The summed E-state index contributed by atoms with van der Waals surface area (Å²) in [6.45, 7) is 13.0. The second-order valence-electron chi connectivity index (χ2n) is 9.49. The van der Waals surface area contributed by atoms with Gasteiger partial charge in [0, 0.05) is 0 Å². The first-order chi connectivity index (χ1) is 12.7. The Labute approximate surface area is 167 Å². The van der Waals surface area contributed by atoms with Crippen LogP contribution in [0, 0.1) is 5.92 Å². The fraction of sp³-hybridized carbons (Fsp3) is 0.900. The molecule has 1 aliphatic carbocycles. The molecule has 2 rings (SSSR count). The first kappa shape index (κ1) is 22.6. The molecule has 7 heteroatoms. The number of β-lactam (4-membered cyclic amide) rings is 1. The summed E-state index contributed by atoms with van der Waals surface area (Å²) >= 11 is 0. The van der Waals surface area contributed by atoms with Gasteiger partial charge in [0.1, 0.15) is 6.10 Å². The fourth-order valence-electron chi connectivity index (χ4n) is 4.37. The summed E-state index contributed by atoms with van der Waals surface area (Å²) < 4.78 is 12.1. The smallest absolute Gasteiger partial charge is 0.416 e. The van der Waals surface area contributed by atoms with Crippen LogP contribution in [0.1, 0.15) is 52.9 Å². The molecule has 0 unspecified atom stereocenters. The SMILES string of the molecule is CC[Si](CC)(CC)O[C@H]1C(=O)N(C(=O)OC[Si](C)(C)C)[C@H]1C1CCCCC1. The number of hydrogen-bond acceptors (Lipinski definition) is 4. The van der Waals surface area contributed by atoms with Crippen molar-refractivity contribution in [1.82, 2.24) is 4.90 Å². The molecule has 2 amide bonds. The van der Waals surface area contributed by atoms with Crippen molar-refractivity contribution < 1.29 is 18.8 Å². The van der Waals surface area contributed by atoms with Gasteiger partial charge in [0.05, 0.1) is 20.3 Å². The molecule has 0 radical (unpaired) electrons. The Kier molecular flexibility index (Phi) is 7.73. The molecule has 5 nitrogen and oxygen atoms in total. The summed E-state index contributed by atoms with van der Waals surface area (Å²) in [6.07, 6.45) is 5.34. The van der Waals surface area contributed by atoms with E-state index in [4.69, 9.17) is 9.16 Å². The second kappa shape index (κ2) is 9.22. The Hall–Kier alpha value is -0.666. The first-order valence-corrected chi connectivity index (χ1v) is 17.1. The normalized spacial score (nSPS) is 24.7. The number of ether oxygens (including phenoxy) is 1. The molecular formula is C20H39NO4Si2. The van der Waals surface area contributed by atoms with E-state index in [2.05, 4.69) is 40.4 Å². The van der Waals surface area contributed by atoms with E-state index in [0.29, 0.717) is 12.1 Å². The predicted molar refractivity (Wildman–Crippen MR) is 114 cm³/mol. The van der Waals surface area contributed by atoms with Crippen molar-refractivity contribution >= 4 is 28.4 Å². The number of carbonyl (C=O) groups is 2. The van der Waals surface area contributed by atoms with Crippen LogP contribution < -0.4 is 0 Å². The van der Waals surface area contributed by atoms with Gasteiger partial charge in [-0.15, -0.1) is 0 Å². The standard InChI is InChI=1S/C20H39NO4Si2/c1-7-27(8-2,9-3)25-18-17(16-13-11-10-12-14-16)21(19(18)22)20(23)24-15-26(4,5)6/h16-18H,7-15H2,1-6H3/t17-,18+/m0/s1. The highest BCUT2D eigenvalue weighted by atomic mass is 28.4. The fourth-order valence-corrected chi connectivity index (χ4v) is 7.70. The van der Waals surface area contributed by atoms with Crippen molar-refractivity contribution in [3.8, 4) is 0 Å². The van der Waals surface area contributed by atoms with Crippen LogP contribution in [0.5, 0.6) is 0 Å². The largest absolute Gasteiger partial charge is 0.453 e. The minimum Gasteiger partial charge on any atom is -0.453 e. The lowest BCUT2D eigenvalue weighted by atomic mass is 9.77. The second-order valence-corrected chi connectivity index (χ2v) is 19.6. The zero-order chi connectivity index (χ0) is 20.2. The van der Waals surface area contributed by atoms with Crippen LogP contribution >= 0.6 is 0 Å². The lowest BCUT2D eigenvalue weighted by Crippen LogP contribution is -2.72. The number of nitrogens with zero attached hydrogens (tertiary/aromatic N) is 1. The number of imide groups is 1. The van der Waals surface area contributed by atoms with Gasteiger partial charge in [-0.25, -0.2) is 9.69 Å². The lowest BCUT2D eigenvalue weighted by Gasteiger charge is -2.51. The molecular weight excluding hydrogens is 374 g/mol. The third-order valence-electron chi connectivity index (χ3n) is 6.36. The molecule has 1 saturated carbocycles. The van der Waals surface area contributed by atoms with Gasteiger partial charge in [0.2, 0.25) is 0 Å². The molecule has 1 aliphatic heterocycles. The van der Waals surface area contributed by atoms with Gasteiger partial charge >= 0.3 is 6.09 Å². The zero-order valence-electron chi connectivity index (χ0n) is 18.2. The zero-order valence-corrected chi connectivity index (χ0v) is 20.2. The molecule has 0 spiro atoms. The third kappa shape index (κ3) is 5.23. The molecule has 1 saturated heterocycles. The predicted octanol–water partition coefficient (Wildman–Crippen LogP) is 5.18. The monoisotopic (exact) mass is 413 g/mol. The molecule has 1 heterocycles. The molecule has 27 heavy (non-hydrogen) atoms. The molecule has 0 aromatic heterocycles. The Morgan fingerprint density at radius 1 is 1.04 bits per heavy atom. The van der Waals surface area contributed by atoms with Crippen LogP contribution in [0.15, 0.2) is 0 Å². The maximum Gasteiger partial charge on any atom is 0.416 e. The summed E-state index contributed by atoms with van der Waals surface area (Å²) in [5.74, 6) is 0.191. The summed E-state index contributed by atoms with van der Waals surface area (Å²) in [7, 11) is -3.42. The first-order valence-electron chi connectivity index (χ1n) is 10.9. The minimum absolute atomic E-state index is 0.122. The minimum atomic E-state index is -1.90. The van der Waals surface area contributed by atoms with Crippen LogP contribution in [-0.2, 0) is 14.0 Å². The maximum absolute atomic E-state index is 12.9. The van der Waals surface area contributed by atoms with E-state index in [9.17, 15) is 9.59 Å². The molecule has 2 fully saturated rings. The van der Waals surface area contributed by atoms with Gasteiger partial charge in [-0.1, -0.05) is 59.7 Å². The van der Waals surface area contributed by atoms with Gasteiger partial charge < -0.3 is 9.16 Å². The highest BCUT2D eigenvalue weighted by Crippen LogP contribution is 2.40. The molecule has 156 valence electrons. The topological polar surface area (TPSA) is 55.8 Å². The number of carbonyl (C=O) groups excluding carboxylic acids is 2. The Morgan fingerprint density at radius 2 is 1.59 bits per heavy atom. The van der Waals surface area contributed by atoms with Crippen molar-refractivity contribution in [3.63, 3.8) is 0 Å². The van der Waals surface area contributed by atoms with Crippen molar-refractivity contribution in [2.45, 2.75) is 103 Å². The van der Waals surface area contributed by atoms with Crippen LogP contribution in [0.4, 0.5) is 4.79 Å². The van der Waals surface area contributed by atoms with Crippen molar-refractivity contribution in [3.05, 3.63) is 0 Å². The number of amides is 2. The van der Waals surface area contributed by atoms with E-state index in [1.165, 1.54) is 24.2 Å². The van der Waals surface area contributed by atoms with E-state index >= 15 is 0 Å². The average molecular weight is 414 g/mol. The molecule has 0 N–H and O–H groups in total. The lowest BCUT2D eigenvalue weighted by molar-refractivity contribution is -0.165. The van der Waals surface area contributed by atoms with Gasteiger partial charge in [0.15, 0.2) is 8.32 Å². The summed E-state index contributed by atoms with van der Waals surface area (Å²) in [5, 5.41) is 0. The third-order valence-corrected chi connectivity index (χ3v) is 12.0. The number of likely N-dealkylation sites (tertiary alicyclic amines) is 1. The van der Waals surface area contributed by atoms with Crippen molar-refractivity contribution in [1.29, 1.82) is 0 Å². The quantitative estimate of drug-likeness (QED) is 0.406. The highest BCUT2D eigenvalue weighted by molar-refractivity contribution is 6.76. The van der Waals surface area contributed by atoms with Gasteiger partial charge in [-0.2, -0.15) is 0 Å². The average Bonchev–Trinajstić information content (AvgIpc) is 2.65. The summed E-state index contributed by atoms with van der Waals surface area (Å²) in [5.41, 5.74) is 0. The highest BCUT2D eigenvalue weighted by Gasteiger charge is 2.57. The molecule has 2 aliphatic rings. The van der Waals surface area contributed by atoms with Gasteiger partial charge in [-0.3, -0.25) is 4.79 Å². The molecule has 0 aromatic carbocycles. The van der Waals surface area contributed by atoms with Crippen LogP contribution in [0.25, 0.3) is 0 Å². The van der Waals surface area contributed by atoms with E-state index < -0.39 is 28.6 Å². The Balaban J connectivity index is 2.17. The van der Waals surface area contributed by atoms with E-state index in [0.717, 1.165) is 31.0 Å². The molecule has 0 bridgehead atoms. The van der Waals surface area contributed by atoms with Gasteiger partial charge in [0.25, 0.3) is 5.91 Å². The summed E-state index contributed by atoms with van der Waals surface area (Å²) in [6, 6.07) is 2.92. The van der Waals surface area contributed by atoms with E-state index in [-0.39, 0.29) is 11.9 Å². The van der Waals surface area contributed by atoms with Gasteiger partial charge in [-0.05, 0) is 36.9 Å². The van der Waals surface area contributed by atoms with Crippen molar-refractivity contribution in [2.24, 2.45) is 5.92 Å². The molecule has 2 atom stereocenters. The Morgan fingerprint density at radius 3 is 2.07 bits per heavy atom. The van der Waals surface area contributed by atoms with Crippen LogP contribution in [0.2, 0.25) is 37.8 Å².